The molecule has 0 spiro atoms. The van der Waals surface area contributed by atoms with E-state index < -0.39 is 38.3 Å². The Balaban J connectivity index is 2.11. The van der Waals surface area contributed by atoms with Crippen molar-refractivity contribution in [1.29, 1.82) is 0 Å². The highest BCUT2D eigenvalue weighted by Gasteiger charge is 2.31. The highest BCUT2D eigenvalue weighted by molar-refractivity contribution is 7.92. The average Bonchev–Trinajstić information content (AvgIpc) is 2.45. The molecule has 2 aromatic rings. The number of alkyl halides is 3. The minimum atomic E-state index is -4.61. The molecule has 0 aliphatic carbocycles. The zero-order chi connectivity index (χ0) is 18.0. The summed E-state index contributed by atoms with van der Waals surface area (Å²) in [6, 6.07) is 8.08. The summed E-state index contributed by atoms with van der Waals surface area (Å²) in [5.74, 6) is -1.72. The third kappa shape index (κ3) is 4.54. The number of hydrogen-bond donors (Lipinski definition) is 1. The van der Waals surface area contributed by atoms with Gasteiger partial charge in [0.05, 0.1) is 5.56 Å². The van der Waals surface area contributed by atoms with Gasteiger partial charge >= 0.3 is 6.18 Å². The highest BCUT2D eigenvalue weighted by Crippen LogP contribution is 2.28. The summed E-state index contributed by atoms with van der Waals surface area (Å²) in [5, 5.41) is 1.83. The lowest BCUT2D eigenvalue weighted by atomic mass is 10.2. The first kappa shape index (κ1) is 17.9. The molecule has 0 radical (unpaired) electrons. The predicted molar refractivity (Wildman–Crippen MR) is 81.1 cm³/mol. The van der Waals surface area contributed by atoms with Crippen LogP contribution < -0.4 is 5.32 Å². The van der Waals surface area contributed by atoms with E-state index in [-0.39, 0.29) is 0 Å². The van der Waals surface area contributed by atoms with Gasteiger partial charge in [-0.05, 0) is 36.8 Å². The molecule has 5 nitrogen and oxygen atoms in total. The van der Waals surface area contributed by atoms with Crippen molar-refractivity contribution in [2.45, 2.75) is 18.1 Å². The van der Waals surface area contributed by atoms with E-state index >= 15 is 0 Å². The summed E-state index contributed by atoms with van der Waals surface area (Å²) in [7, 11) is -4.14. The van der Waals surface area contributed by atoms with E-state index in [2.05, 4.69) is 10.3 Å². The minimum Gasteiger partial charge on any atom is -0.325 e. The molecule has 0 atom stereocenters. The van der Waals surface area contributed by atoms with Gasteiger partial charge in [-0.3, -0.25) is 4.79 Å². The second-order valence-electron chi connectivity index (χ2n) is 5.06. The molecular weight excluding hydrogens is 345 g/mol. The number of benzene rings is 1. The van der Waals surface area contributed by atoms with Crippen LogP contribution in [0.25, 0.3) is 0 Å². The number of anilines is 1. The Labute approximate surface area is 136 Å². The number of pyridine rings is 1. The lowest BCUT2D eigenvalue weighted by molar-refractivity contribution is -0.137. The van der Waals surface area contributed by atoms with Crippen molar-refractivity contribution >= 4 is 21.4 Å². The Morgan fingerprint density at radius 3 is 2.46 bits per heavy atom. The number of hydrogen-bond acceptors (Lipinski definition) is 4. The number of halogens is 3. The summed E-state index contributed by atoms with van der Waals surface area (Å²) >= 11 is 0. The maximum atomic E-state index is 12.4. The maximum Gasteiger partial charge on any atom is 0.417 e. The molecule has 0 aliphatic heterocycles. The molecule has 0 saturated carbocycles. The van der Waals surface area contributed by atoms with E-state index in [1.54, 1.807) is 31.2 Å². The Hall–Kier alpha value is -2.42. The van der Waals surface area contributed by atoms with Crippen molar-refractivity contribution in [1.82, 2.24) is 4.98 Å². The monoisotopic (exact) mass is 358 g/mol. The van der Waals surface area contributed by atoms with Crippen molar-refractivity contribution in [3.8, 4) is 0 Å². The van der Waals surface area contributed by atoms with Crippen LogP contribution in [0, 0.1) is 6.92 Å². The van der Waals surface area contributed by atoms with Crippen molar-refractivity contribution < 1.29 is 26.4 Å². The van der Waals surface area contributed by atoms with Crippen LogP contribution in [0.3, 0.4) is 0 Å². The van der Waals surface area contributed by atoms with Crippen molar-refractivity contribution in [3.05, 3.63) is 53.7 Å². The first-order valence-electron chi connectivity index (χ1n) is 6.70. The van der Waals surface area contributed by atoms with Gasteiger partial charge in [0.2, 0.25) is 15.7 Å². The third-order valence-corrected chi connectivity index (χ3v) is 4.53. The summed E-state index contributed by atoms with van der Waals surface area (Å²) < 4.78 is 61.5. The molecule has 0 saturated heterocycles. The number of nitrogens with zero attached hydrogens (tertiary/aromatic N) is 1. The molecule has 2 rings (SSSR count). The average molecular weight is 358 g/mol. The summed E-state index contributed by atoms with van der Waals surface area (Å²) in [4.78, 5) is 15.1. The number of carbonyl (C=O) groups excluding carboxylic acids is 1. The minimum absolute atomic E-state index is 0.422. The fraction of sp³-hybridized carbons (Fsp3) is 0.200. The fourth-order valence-corrected chi connectivity index (χ4v) is 2.95. The first-order chi connectivity index (χ1) is 11.1. The van der Waals surface area contributed by atoms with Crippen LogP contribution in [-0.4, -0.2) is 25.1 Å². The highest BCUT2D eigenvalue weighted by atomic mass is 32.2. The number of amides is 1. The Kier molecular flexibility index (Phi) is 4.93. The van der Waals surface area contributed by atoms with Crippen LogP contribution in [0.1, 0.15) is 11.1 Å². The molecule has 24 heavy (non-hydrogen) atoms. The van der Waals surface area contributed by atoms with Crippen LogP contribution in [0.5, 0.6) is 0 Å². The fourth-order valence-electron chi connectivity index (χ4n) is 1.90. The van der Waals surface area contributed by atoms with Crippen LogP contribution in [0.2, 0.25) is 0 Å². The van der Waals surface area contributed by atoms with Crippen LogP contribution in [0.15, 0.2) is 47.6 Å². The topological polar surface area (TPSA) is 76.1 Å². The molecule has 1 aromatic heterocycles. The Morgan fingerprint density at radius 2 is 1.92 bits per heavy atom. The van der Waals surface area contributed by atoms with Crippen LogP contribution >= 0.6 is 0 Å². The number of rotatable bonds is 4. The quantitative estimate of drug-likeness (QED) is 0.912. The van der Waals surface area contributed by atoms with E-state index in [0.29, 0.717) is 18.0 Å². The molecule has 1 N–H and O–H groups in total. The second-order valence-corrected chi connectivity index (χ2v) is 7.00. The summed E-state index contributed by atoms with van der Waals surface area (Å²) in [6.45, 7) is 1.80. The van der Waals surface area contributed by atoms with Crippen molar-refractivity contribution in [2.24, 2.45) is 0 Å². The van der Waals surface area contributed by atoms with Gasteiger partial charge in [-0.15, -0.1) is 0 Å². The largest absolute Gasteiger partial charge is 0.417 e. The molecule has 0 aliphatic rings. The summed E-state index contributed by atoms with van der Waals surface area (Å²) in [5.41, 5.74) is 0.237. The van der Waals surface area contributed by atoms with Gasteiger partial charge in [0, 0.05) is 11.9 Å². The van der Waals surface area contributed by atoms with Gasteiger partial charge in [-0.1, -0.05) is 12.1 Å². The number of nitrogens with one attached hydrogen (secondary N) is 1. The number of aromatic nitrogens is 1. The molecule has 128 valence electrons. The standard InChI is InChI=1S/C15H13F3N2O3S/c1-10-3-2-4-12(7-10)20-13(21)9-24(22,23)14-6-5-11(8-19-14)15(16,17)18/h2-8H,9H2,1H3,(H,20,21). The van der Waals surface area contributed by atoms with Crippen LogP contribution in [-0.2, 0) is 20.8 Å². The molecule has 1 amide bonds. The molecule has 0 unspecified atom stereocenters. The zero-order valence-electron chi connectivity index (χ0n) is 12.5. The number of sulfone groups is 1. The molecular formula is C15H13F3N2O3S. The molecule has 9 heteroatoms. The van der Waals surface area contributed by atoms with Gasteiger partial charge in [0.15, 0.2) is 5.03 Å². The predicted octanol–water partition coefficient (Wildman–Crippen LogP) is 2.82. The van der Waals surface area contributed by atoms with Gasteiger partial charge < -0.3 is 5.32 Å². The van der Waals surface area contributed by atoms with E-state index in [1.807, 2.05) is 0 Å². The van der Waals surface area contributed by atoms with Gasteiger partial charge in [0.1, 0.15) is 5.75 Å². The number of aryl methyl sites for hydroxylation is 1. The zero-order valence-corrected chi connectivity index (χ0v) is 13.3. The SMILES string of the molecule is Cc1cccc(NC(=O)CS(=O)(=O)c2ccc(C(F)(F)F)cn2)c1. The molecule has 0 bridgehead atoms. The van der Waals surface area contributed by atoms with E-state index in [9.17, 15) is 26.4 Å². The van der Waals surface area contributed by atoms with Gasteiger partial charge in [-0.2, -0.15) is 13.2 Å². The Bertz CT molecular complexity index is 847. The third-order valence-electron chi connectivity index (χ3n) is 3.01. The molecule has 1 heterocycles. The maximum absolute atomic E-state index is 12.4. The normalized spacial score (nSPS) is 12.0. The van der Waals surface area contributed by atoms with E-state index in [0.717, 1.165) is 11.6 Å². The first-order valence-corrected chi connectivity index (χ1v) is 8.36. The van der Waals surface area contributed by atoms with Gasteiger partial charge in [0.25, 0.3) is 0 Å². The van der Waals surface area contributed by atoms with Crippen molar-refractivity contribution in [3.63, 3.8) is 0 Å². The van der Waals surface area contributed by atoms with Crippen LogP contribution in [0.4, 0.5) is 18.9 Å². The summed E-state index contributed by atoms with van der Waals surface area (Å²) in [6.07, 6.45) is -4.19. The Morgan fingerprint density at radius 1 is 1.21 bits per heavy atom. The molecule has 0 fully saturated rings. The van der Waals surface area contributed by atoms with E-state index in [4.69, 9.17) is 0 Å². The number of carbonyl (C=O) groups is 1. The smallest absolute Gasteiger partial charge is 0.325 e. The second kappa shape index (κ2) is 6.60. The van der Waals surface area contributed by atoms with Crippen molar-refractivity contribution in [2.75, 3.05) is 11.1 Å². The molecule has 1 aromatic carbocycles. The van der Waals surface area contributed by atoms with Gasteiger partial charge in [-0.25, -0.2) is 13.4 Å². The lowest BCUT2D eigenvalue weighted by Gasteiger charge is -2.08. The lowest BCUT2D eigenvalue weighted by Crippen LogP contribution is -2.23. The van der Waals surface area contributed by atoms with E-state index in [1.165, 1.54) is 0 Å².